The van der Waals surface area contributed by atoms with Gasteiger partial charge in [0.2, 0.25) is 5.91 Å². The van der Waals surface area contributed by atoms with Crippen LogP contribution in [0.15, 0.2) is 34.6 Å². The maximum absolute atomic E-state index is 11.4. The summed E-state index contributed by atoms with van der Waals surface area (Å²) in [5.74, 6) is 0.775. The number of benzene rings is 1. The van der Waals surface area contributed by atoms with Crippen LogP contribution in [0, 0.1) is 0 Å². The van der Waals surface area contributed by atoms with Crippen LogP contribution < -0.4 is 9.75 Å². The molecule has 0 aliphatic carbocycles. The molecule has 6 nitrogen and oxygen atoms in total. The van der Waals surface area contributed by atoms with Gasteiger partial charge >= 0.3 is 0 Å². The number of methoxy groups -OCH3 is 1. The van der Waals surface area contributed by atoms with Crippen LogP contribution in [0.1, 0.15) is 6.92 Å². The van der Waals surface area contributed by atoms with Crippen LogP contribution in [0.2, 0.25) is 0 Å². The number of anilines is 1. The minimum Gasteiger partial charge on any atom is -0.497 e. The number of amides is 1. The number of carbonyl (C=O) groups is 1. The van der Waals surface area contributed by atoms with Crippen LogP contribution in [-0.2, 0) is 4.79 Å². The minimum atomic E-state index is -0.157. The number of ether oxygens (including phenoxy) is 1. The topological polar surface area (TPSA) is 57.5 Å². The molecule has 2 rings (SSSR count). The highest BCUT2D eigenvalue weighted by Gasteiger charge is 2.28. The lowest BCUT2D eigenvalue weighted by Crippen LogP contribution is -2.45. The third-order valence-electron chi connectivity index (χ3n) is 2.97. The molecule has 0 aromatic heterocycles. The number of rotatable bonds is 3. The highest BCUT2D eigenvalue weighted by molar-refractivity contribution is 5.73. The summed E-state index contributed by atoms with van der Waals surface area (Å²) in [5, 5.41) is 9.80. The fourth-order valence-electron chi connectivity index (χ4n) is 1.77. The summed E-state index contributed by atoms with van der Waals surface area (Å²) in [7, 11) is 3.37. The summed E-state index contributed by atoms with van der Waals surface area (Å²) in [6, 6.07) is 7.50. The van der Waals surface area contributed by atoms with E-state index in [1.54, 1.807) is 24.1 Å². The normalized spacial score (nSPS) is 17.9. The maximum Gasteiger partial charge on any atom is 0.220 e. The molecule has 1 unspecified atom stereocenters. The number of hydrogen-bond donors (Lipinski definition) is 0. The Morgan fingerprint density at radius 2 is 2.11 bits per heavy atom. The second-order valence-electron chi connectivity index (χ2n) is 4.07. The van der Waals surface area contributed by atoms with Crippen molar-refractivity contribution >= 4 is 11.6 Å². The zero-order valence-corrected chi connectivity index (χ0v) is 10.7. The van der Waals surface area contributed by atoms with Crippen molar-refractivity contribution in [2.45, 2.75) is 13.1 Å². The Hall–Kier alpha value is -2.11. The monoisotopic (exact) mass is 248 g/mol. The second-order valence-corrected chi connectivity index (χ2v) is 4.07. The molecule has 0 N–H and O–H groups in total. The number of carbonyl (C=O) groups excluding carboxylic acids is 1. The van der Waals surface area contributed by atoms with Crippen LogP contribution in [0.25, 0.3) is 0 Å². The van der Waals surface area contributed by atoms with Gasteiger partial charge in [-0.15, -0.1) is 0 Å². The minimum absolute atomic E-state index is 0.00851. The molecule has 0 bridgehead atoms. The average molecular weight is 248 g/mol. The fraction of sp³-hybridized carbons (Fsp3) is 0.417. The van der Waals surface area contributed by atoms with Crippen molar-refractivity contribution < 1.29 is 9.53 Å². The first kappa shape index (κ1) is 12.3. The lowest BCUT2D eigenvalue weighted by atomic mass is 10.2. The Morgan fingerprint density at radius 3 is 2.67 bits per heavy atom. The molecule has 1 aromatic carbocycles. The third-order valence-corrected chi connectivity index (χ3v) is 2.97. The van der Waals surface area contributed by atoms with Gasteiger partial charge in [-0.1, -0.05) is 5.22 Å². The Kier molecular flexibility index (Phi) is 3.45. The summed E-state index contributed by atoms with van der Waals surface area (Å²) in [5.41, 5.74) is 0.884. The lowest BCUT2D eigenvalue weighted by molar-refractivity contribution is -0.129. The van der Waals surface area contributed by atoms with Crippen molar-refractivity contribution in [1.82, 2.24) is 4.90 Å². The highest BCUT2D eigenvalue weighted by Crippen LogP contribution is 2.25. The Balaban J connectivity index is 2.20. The van der Waals surface area contributed by atoms with Gasteiger partial charge < -0.3 is 9.64 Å². The summed E-state index contributed by atoms with van der Waals surface area (Å²) in [6.45, 7) is 2.02. The summed E-state index contributed by atoms with van der Waals surface area (Å²) < 4.78 is 5.11. The number of hydrogen-bond acceptors (Lipinski definition) is 5. The van der Waals surface area contributed by atoms with Crippen molar-refractivity contribution in [2.24, 2.45) is 10.3 Å². The van der Waals surface area contributed by atoms with E-state index in [0.29, 0.717) is 6.54 Å². The molecule has 1 aromatic rings. The van der Waals surface area contributed by atoms with Crippen molar-refractivity contribution in [3.8, 4) is 5.75 Å². The Morgan fingerprint density at radius 1 is 1.44 bits per heavy atom. The SMILES string of the molecule is COc1ccc(N2N=NCC2N(C)C(C)=O)cc1. The first-order chi connectivity index (χ1) is 8.63. The smallest absolute Gasteiger partial charge is 0.220 e. The molecule has 1 amide bonds. The van der Waals surface area contributed by atoms with Crippen molar-refractivity contribution in [3.05, 3.63) is 24.3 Å². The maximum atomic E-state index is 11.4. The number of likely N-dealkylation sites (N-methyl/N-ethyl adjacent to an activating group) is 1. The van der Waals surface area contributed by atoms with E-state index in [4.69, 9.17) is 4.74 Å². The van der Waals surface area contributed by atoms with Gasteiger partial charge in [-0.3, -0.25) is 4.79 Å². The number of nitrogens with zero attached hydrogens (tertiary/aromatic N) is 4. The third kappa shape index (κ3) is 2.27. The van der Waals surface area contributed by atoms with Crippen molar-refractivity contribution in [2.75, 3.05) is 25.7 Å². The van der Waals surface area contributed by atoms with Crippen LogP contribution in [0.3, 0.4) is 0 Å². The highest BCUT2D eigenvalue weighted by atomic mass is 16.5. The van der Waals surface area contributed by atoms with E-state index in [-0.39, 0.29) is 12.1 Å². The summed E-state index contributed by atoms with van der Waals surface area (Å²) in [6.07, 6.45) is -0.157. The Labute approximate surface area is 106 Å². The first-order valence-corrected chi connectivity index (χ1v) is 5.67. The molecule has 0 radical (unpaired) electrons. The van der Waals surface area contributed by atoms with E-state index < -0.39 is 0 Å². The largest absolute Gasteiger partial charge is 0.497 e. The Bertz CT molecular complexity index is 458. The molecule has 0 saturated heterocycles. The van der Waals surface area contributed by atoms with Gasteiger partial charge in [0.15, 0.2) is 0 Å². The standard InChI is InChI=1S/C12H16N4O2/c1-9(17)15(2)12-8-13-14-16(12)10-4-6-11(18-3)7-5-10/h4-7,12H,8H2,1-3H3. The molecule has 1 atom stereocenters. The summed E-state index contributed by atoms with van der Waals surface area (Å²) in [4.78, 5) is 13.0. The van der Waals surface area contributed by atoms with Gasteiger partial charge in [-0.05, 0) is 24.3 Å². The summed E-state index contributed by atoms with van der Waals surface area (Å²) >= 11 is 0. The quantitative estimate of drug-likeness (QED) is 0.817. The van der Waals surface area contributed by atoms with Gasteiger partial charge in [0.1, 0.15) is 18.5 Å². The van der Waals surface area contributed by atoms with Crippen LogP contribution in [-0.4, -0.2) is 37.7 Å². The predicted octanol–water partition coefficient (Wildman–Crippen LogP) is 1.69. The van der Waals surface area contributed by atoms with E-state index in [2.05, 4.69) is 10.3 Å². The molecule has 1 heterocycles. The van der Waals surface area contributed by atoms with Crippen LogP contribution in [0.4, 0.5) is 5.69 Å². The molecule has 96 valence electrons. The zero-order chi connectivity index (χ0) is 13.1. The lowest BCUT2D eigenvalue weighted by Gasteiger charge is -2.29. The van der Waals surface area contributed by atoms with Crippen molar-refractivity contribution in [3.63, 3.8) is 0 Å². The molecule has 18 heavy (non-hydrogen) atoms. The molecule has 1 aliphatic heterocycles. The van der Waals surface area contributed by atoms with Gasteiger partial charge in [-0.2, -0.15) is 5.11 Å². The van der Waals surface area contributed by atoms with Crippen molar-refractivity contribution in [1.29, 1.82) is 0 Å². The van der Waals surface area contributed by atoms with Crippen LogP contribution in [0.5, 0.6) is 5.75 Å². The van der Waals surface area contributed by atoms with E-state index >= 15 is 0 Å². The molecule has 0 saturated carbocycles. The second kappa shape index (κ2) is 5.03. The fourth-order valence-corrected chi connectivity index (χ4v) is 1.77. The molecular weight excluding hydrogens is 232 g/mol. The molecule has 1 aliphatic rings. The predicted molar refractivity (Wildman–Crippen MR) is 67.4 cm³/mol. The zero-order valence-electron chi connectivity index (χ0n) is 10.7. The van der Waals surface area contributed by atoms with Gasteiger partial charge in [-0.25, -0.2) is 5.01 Å². The van der Waals surface area contributed by atoms with Gasteiger partial charge in [0.25, 0.3) is 0 Å². The molecule has 0 fully saturated rings. The van der Waals surface area contributed by atoms with E-state index in [1.165, 1.54) is 6.92 Å². The van der Waals surface area contributed by atoms with Gasteiger partial charge in [0.05, 0.1) is 12.8 Å². The molecule has 0 spiro atoms. The first-order valence-electron chi connectivity index (χ1n) is 5.67. The van der Waals surface area contributed by atoms with Crippen LogP contribution >= 0.6 is 0 Å². The molecule has 6 heteroatoms. The van der Waals surface area contributed by atoms with E-state index in [1.807, 2.05) is 24.3 Å². The van der Waals surface area contributed by atoms with Gasteiger partial charge in [0, 0.05) is 14.0 Å². The molecular formula is C12H16N4O2. The van der Waals surface area contributed by atoms with E-state index in [0.717, 1.165) is 11.4 Å². The average Bonchev–Trinajstić information content (AvgIpc) is 2.87. The van der Waals surface area contributed by atoms with E-state index in [9.17, 15) is 4.79 Å².